The van der Waals surface area contributed by atoms with Gasteiger partial charge in [-0.15, -0.1) is 0 Å². The molecule has 0 aliphatic heterocycles. The summed E-state index contributed by atoms with van der Waals surface area (Å²) in [6, 6.07) is 2.92. The zero-order valence-corrected chi connectivity index (χ0v) is 11.3. The molecule has 0 saturated heterocycles. The quantitative estimate of drug-likeness (QED) is 0.463. The molecule has 1 rings (SSSR count). The third-order valence-electron chi connectivity index (χ3n) is 3.20. The van der Waals surface area contributed by atoms with E-state index in [1.165, 1.54) is 6.07 Å². The Kier molecular flexibility index (Phi) is 6.45. The first-order valence-corrected chi connectivity index (χ1v) is 6.64. The minimum atomic E-state index is -0.486. The summed E-state index contributed by atoms with van der Waals surface area (Å²) >= 11 is 0. The molecule has 0 radical (unpaired) electrons. The normalized spacial score (nSPS) is 12.5. The second-order valence-electron chi connectivity index (χ2n) is 4.74. The highest BCUT2D eigenvalue weighted by atomic mass is 16.3. The van der Waals surface area contributed by atoms with Crippen LogP contribution >= 0.6 is 0 Å². The number of aromatic hydroxyl groups is 3. The topological polar surface area (TPSA) is 93.0 Å². The van der Waals surface area contributed by atoms with E-state index >= 15 is 0 Å². The summed E-state index contributed by atoms with van der Waals surface area (Å²) in [5, 5.41) is 40.4. The van der Waals surface area contributed by atoms with Crippen molar-refractivity contribution in [2.24, 2.45) is 5.92 Å². The van der Waals surface area contributed by atoms with Gasteiger partial charge in [-0.2, -0.15) is 0 Å². The van der Waals surface area contributed by atoms with Gasteiger partial charge in [0, 0.05) is 18.7 Å². The van der Waals surface area contributed by atoms with Crippen molar-refractivity contribution in [3.05, 3.63) is 17.7 Å². The van der Waals surface area contributed by atoms with E-state index in [2.05, 4.69) is 12.2 Å². The van der Waals surface area contributed by atoms with Gasteiger partial charge in [0.05, 0.1) is 0 Å². The van der Waals surface area contributed by atoms with Crippen LogP contribution in [0, 0.1) is 5.92 Å². The third-order valence-corrected chi connectivity index (χ3v) is 3.20. The van der Waals surface area contributed by atoms with E-state index in [9.17, 15) is 15.3 Å². The molecule has 1 aromatic carbocycles. The molecule has 5 N–H and O–H groups in total. The van der Waals surface area contributed by atoms with E-state index in [0.717, 1.165) is 25.8 Å². The van der Waals surface area contributed by atoms with Gasteiger partial charge in [0.2, 0.25) is 5.75 Å². The Bertz CT molecular complexity index is 389. The Morgan fingerprint density at radius 3 is 2.47 bits per heavy atom. The third kappa shape index (κ3) is 4.61. The summed E-state index contributed by atoms with van der Waals surface area (Å²) < 4.78 is 0. The maximum Gasteiger partial charge on any atom is 0.200 e. The number of aliphatic hydroxyl groups excluding tert-OH is 1. The molecule has 0 aliphatic rings. The second kappa shape index (κ2) is 7.86. The van der Waals surface area contributed by atoms with Crippen molar-refractivity contribution in [1.82, 2.24) is 5.32 Å². The molecular weight excluding hydrogens is 246 g/mol. The molecule has 0 aliphatic carbocycles. The lowest BCUT2D eigenvalue weighted by Gasteiger charge is -2.16. The standard InChI is InChI=1S/C14H23NO4/c1-2-3-10(6-7-16)8-15-9-11-4-5-12(17)14(19)13(11)18/h4-5,10,15-19H,2-3,6-9H2,1H3. The fourth-order valence-electron chi connectivity index (χ4n) is 2.10. The number of phenols is 3. The highest BCUT2D eigenvalue weighted by Crippen LogP contribution is 2.36. The van der Waals surface area contributed by atoms with E-state index in [1.807, 2.05) is 0 Å². The highest BCUT2D eigenvalue weighted by molar-refractivity contribution is 5.52. The molecule has 0 fully saturated rings. The van der Waals surface area contributed by atoms with Gasteiger partial charge in [-0.25, -0.2) is 0 Å². The first-order valence-electron chi connectivity index (χ1n) is 6.64. The van der Waals surface area contributed by atoms with Crippen molar-refractivity contribution in [1.29, 1.82) is 0 Å². The number of hydrogen-bond acceptors (Lipinski definition) is 5. The Hall–Kier alpha value is -1.46. The average molecular weight is 269 g/mol. The molecule has 0 spiro atoms. The Morgan fingerprint density at radius 2 is 1.84 bits per heavy atom. The van der Waals surface area contributed by atoms with Crippen LogP contribution < -0.4 is 5.32 Å². The van der Waals surface area contributed by atoms with Crippen LogP contribution in [0.4, 0.5) is 0 Å². The minimum absolute atomic E-state index is 0.178. The predicted molar refractivity (Wildman–Crippen MR) is 73.2 cm³/mol. The largest absolute Gasteiger partial charge is 0.504 e. The molecule has 0 saturated carbocycles. The molecule has 1 aromatic rings. The first kappa shape index (κ1) is 15.6. The predicted octanol–water partition coefficient (Wildman–Crippen LogP) is 1.69. The van der Waals surface area contributed by atoms with Gasteiger partial charge in [-0.3, -0.25) is 0 Å². The van der Waals surface area contributed by atoms with E-state index in [0.29, 0.717) is 18.0 Å². The van der Waals surface area contributed by atoms with Crippen molar-refractivity contribution < 1.29 is 20.4 Å². The van der Waals surface area contributed by atoms with E-state index < -0.39 is 5.75 Å². The number of nitrogens with one attached hydrogen (secondary N) is 1. The maximum absolute atomic E-state index is 9.66. The monoisotopic (exact) mass is 269 g/mol. The molecule has 5 nitrogen and oxygen atoms in total. The molecule has 0 bridgehead atoms. The zero-order valence-electron chi connectivity index (χ0n) is 11.3. The smallest absolute Gasteiger partial charge is 0.200 e. The maximum atomic E-state index is 9.66. The van der Waals surface area contributed by atoms with Crippen LogP contribution in [0.2, 0.25) is 0 Å². The summed E-state index contributed by atoms with van der Waals surface area (Å²) in [4.78, 5) is 0. The molecule has 0 amide bonds. The SMILES string of the molecule is CCCC(CCO)CNCc1ccc(O)c(O)c1O. The van der Waals surface area contributed by atoms with Crippen molar-refractivity contribution in [3.63, 3.8) is 0 Å². The zero-order chi connectivity index (χ0) is 14.3. The number of aliphatic hydroxyl groups is 1. The van der Waals surface area contributed by atoms with Crippen molar-refractivity contribution in [2.75, 3.05) is 13.2 Å². The fourth-order valence-corrected chi connectivity index (χ4v) is 2.10. The molecule has 108 valence electrons. The van der Waals surface area contributed by atoms with Crippen molar-refractivity contribution in [2.45, 2.75) is 32.7 Å². The molecular formula is C14H23NO4. The van der Waals surface area contributed by atoms with E-state index in [4.69, 9.17) is 5.11 Å². The van der Waals surface area contributed by atoms with Crippen LogP contribution in [0.25, 0.3) is 0 Å². The Balaban J connectivity index is 2.50. The summed E-state index contributed by atoms with van der Waals surface area (Å²) in [6.45, 7) is 3.44. The van der Waals surface area contributed by atoms with Crippen LogP contribution in [-0.2, 0) is 6.54 Å². The van der Waals surface area contributed by atoms with Crippen molar-refractivity contribution in [3.8, 4) is 17.2 Å². The molecule has 19 heavy (non-hydrogen) atoms. The summed E-state index contributed by atoms with van der Waals surface area (Å²) in [6.07, 6.45) is 2.87. The van der Waals surface area contributed by atoms with Crippen molar-refractivity contribution >= 4 is 0 Å². The molecule has 0 aromatic heterocycles. The average Bonchev–Trinajstić information content (AvgIpc) is 2.39. The Morgan fingerprint density at radius 1 is 1.11 bits per heavy atom. The van der Waals surface area contributed by atoms with E-state index in [1.54, 1.807) is 6.07 Å². The minimum Gasteiger partial charge on any atom is -0.504 e. The lowest BCUT2D eigenvalue weighted by atomic mass is 10.00. The molecule has 0 heterocycles. The van der Waals surface area contributed by atoms with Gasteiger partial charge in [0.1, 0.15) is 0 Å². The van der Waals surface area contributed by atoms with Gasteiger partial charge in [0.25, 0.3) is 0 Å². The highest BCUT2D eigenvalue weighted by Gasteiger charge is 2.11. The number of phenolic OH excluding ortho intramolecular Hbond substituents is 3. The summed E-state index contributed by atoms with van der Waals surface area (Å²) in [5.41, 5.74) is 0.537. The van der Waals surface area contributed by atoms with Crippen LogP contribution in [0.5, 0.6) is 17.2 Å². The lowest BCUT2D eigenvalue weighted by molar-refractivity contribution is 0.248. The number of rotatable bonds is 8. The number of hydrogen-bond donors (Lipinski definition) is 5. The van der Waals surface area contributed by atoms with E-state index in [-0.39, 0.29) is 18.1 Å². The van der Waals surface area contributed by atoms with Crippen LogP contribution in [-0.4, -0.2) is 33.6 Å². The fraction of sp³-hybridized carbons (Fsp3) is 0.571. The first-order chi connectivity index (χ1) is 9.10. The summed E-state index contributed by atoms with van der Waals surface area (Å²) in [7, 11) is 0. The Labute approximate surface area is 113 Å². The molecule has 1 atom stereocenters. The van der Waals surface area contributed by atoms with Gasteiger partial charge in [-0.05, 0) is 31.4 Å². The molecule has 5 heteroatoms. The van der Waals surface area contributed by atoms with Crippen LogP contribution in [0.3, 0.4) is 0 Å². The lowest BCUT2D eigenvalue weighted by Crippen LogP contribution is -2.23. The van der Waals surface area contributed by atoms with Crippen LogP contribution in [0.1, 0.15) is 31.7 Å². The van der Waals surface area contributed by atoms with Gasteiger partial charge in [-0.1, -0.05) is 19.4 Å². The number of benzene rings is 1. The van der Waals surface area contributed by atoms with Gasteiger partial charge < -0.3 is 25.7 Å². The van der Waals surface area contributed by atoms with Gasteiger partial charge in [0.15, 0.2) is 11.5 Å². The second-order valence-corrected chi connectivity index (χ2v) is 4.74. The van der Waals surface area contributed by atoms with Gasteiger partial charge >= 0.3 is 0 Å². The van der Waals surface area contributed by atoms with Crippen LogP contribution in [0.15, 0.2) is 12.1 Å². The molecule has 1 unspecified atom stereocenters. The summed E-state index contributed by atoms with van der Waals surface area (Å²) in [5.74, 6) is -0.699.